The number of amides is 1. The first-order valence-electron chi connectivity index (χ1n) is 7.38. The van der Waals surface area contributed by atoms with Crippen LogP contribution < -0.4 is 10.0 Å². The highest BCUT2D eigenvalue weighted by molar-refractivity contribution is 7.93. The van der Waals surface area contributed by atoms with E-state index in [9.17, 15) is 13.2 Å². The summed E-state index contributed by atoms with van der Waals surface area (Å²) in [5.74, 6) is -0.281. The van der Waals surface area contributed by atoms with Gasteiger partial charge in [-0.05, 0) is 24.4 Å². The summed E-state index contributed by atoms with van der Waals surface area (Å²) in [7, 11) is -2.07. The van der Waals surface area contributed by atoms with Gasteiger partial charge < -0.3 is 10.6 Å². The summed E-state index contributed by atoms with van der Waals surface area (Å²) >= 11 is 0. The summed E-state index contributed by atoms with van der Waals surface area (Å²) in [4.78, 5) is 14.2. The molecule has 0 saturated carbocycles. The molecule has 1 unspecified atom stereocenters. The van der Waals surface area contributed by atoms with Gasteiger partial charge in [0.05, 0.1) is 10.6 Å². The number of nitrogens with zero attached hydrogens (tertiary/aromatic N) is 2. The third kappa shape index (κ3) is 2.72. The van der Waals surface area contributed by atoms with Crippen molar-refractivity contribution in [3.8, 4) is 0 Å². The van der Waals surface area contributed by atoms with Gasteiger partial charge in [-0.2, -0.15) is 0 Å². The van der Waals surface area contributed by atoms with E-state index in [1.54, 1.807) is 31.3 Å². The van der Waals surface area contributed by atoms with Crippen LogP contribution in [0.3, 0.4) is 0 Å². The molecule has 2 N–H and O–H groups in total. The Morgan fingerprint density at radius 1 is 1.25 bits per heavy atom. The van der Waals surface area contributed by atoms with E-state index < -0.39 is 10.0 Å². The third-order valence-electron chi connectivity index (χ3n) is 4.36. The summed E-state index contributed by atoms with van der Waals surface area (Å²) in [5.41, 5.74) is 6.13. The fourth-order valence-corrected chi connectivity index (χ4v) is 4.43. The lowest BCUT2D eigenvalue weighted by Gasteiger charge is -2.26. The molecule has 24 heavy (non-hydrogen) atoms. The smallest absolute Gasteiger partial charge is 0.265 e. The van der Waals surface area contributed by atoms with Gasteiger partial charge in [-0.3, -0.25) is 9.10 Å². The van der Waals surface area contributed by atoms with E-state index in [1.165, 1.54) is 9.21 Å². The van der Waals surface area contributed by atoms with E-state index in [2.05, 4.69) is 0 Å². The highest BCUT2D eigenvalue weighted by Crippen LogP contribution is 2.41. The zero-order valence-electron chi connectivity index (χ0n) is 13.5. The molecule has 0 aliphatic carbocycles. The number of benzene rings is 2. The predicted octanol–water partition coefficient (Wildman–Crippen LogP) is 1.58. The van der Waals surface area contributed by atoms with Crippen LogP contribution in [0, 0.1) is 0 Å². The minimum absolute atomic E-state index is 0. The number of nitrogens with two attached hydrogens (primary N) is 1. The monoisotopic (exact) mass is 369 g/mol. The molecule has 1 atom stereocenters. The molecule has 130 valence electrons. The van der Waals surface area contributed by atoms with Crippen LogP contribution in [-0.4, -0.2) is 45.4 Å². The summed E-state index contributed by atoms with van der Waals surface area (Å²) in [6.45, 7) is 1.92. The maximum absolute atomic E-state index is 12.8. The topological polar surface area (TPSA) is 83.7 Å². The SMILES string of the molecule is CC(CN)N(C)C(=O)CN1c2cccc3cccc(c23)S1(=O)=O.Cl. The second kappa shape index (κ2) is 6.58. The van der Waals surface area contributed by atoms with E-state index in [1.807, 2.05) is 19.1 Å². The van der Waals surface area contributed by atoms with E-state index in [4.69, 9.17) is 5.73 Å². The lowest BCUT2D eigenvalue weighted by molar-refractivity contribution is -0.129. The van der Waals surface area contributed by atoms with Crippen LogP contribution in [0.1, 0.15) is 6.92 Å². The van der Waals surface area contributed by atoms with E-state index in [0.717, 1.165) is 5.39 Å². The molecule has 0 saturated heterocycles. The summed E-state index contributed by atoms with van der Waals surface area (Å²) < 4.78 is 26.8. The number of rotatable bonds is 4. The molecule has 1 aliphatic rings. The van der Waals surface area contributed by atoms with Crippen LogP contribution in [0.2, 0.25) is 0 Å². The lowest BCUT2D eigenvalue weighted by Crippen LogP contribution is -2.45. The van der Waals surface area contributed by atoms with Gasteiger partial charge in [0.25, 0.3) is 10.0 Å². The summed E-state index contributed by atoms with van der Waals surface area (Å²) in [6, 6.07) is 10.4. The Bertz CT molecular complexity index is 880. The number of hydrogen-bond donors (Lipinski definition) is 1. The molecule has 8 heteroatoms. The maximum Gasteiger partial charge on any atom is 0.265 e. The van der Waals surface area contributed by atoms with Gasteiger partial charge in [-0.1, -0.05) is 24.3 Å². The van der Waals surface area contributed by atoms with E-state index in [-0.39, 0.29) is 35.8 Å². The van der Waals surface area contributed by atoms with Crippen molar-refractivity contribution >= 4 is 44.8 Å². The van der Waals surface area contributed by atoms with Gasteiger partial charge in [-0.25, -0.2) is 8.42 Å². The molecule has 6 nitrogen and oxygen atoms in total. The van der Waals surface area contributed by atoms with E-state index >= 15 is 0 Å². The molecule has 0 radical (unpaired) electrons. The third-order valence-corrected chi connectivity index (χ3v) is 6.16. The van der Waals surface area contributed by atoms with Gasteiger partial charge in [0.1, 0.15) is 6.54 Å². The molecule has 0 spiro atoms. The Morgan fingerprint density at radius 2 is 1.88 bits per heavy atom. The molecule has 0 aromatic heterocycles. The lowest BCUT2D eigenvalue weighted by atomic mass is 10.1. The van der Waals surface area contributed by atoms with Crippen molar-refractivity contribution in [2.24, 2.45) is 5.73 Å². The van der Waals surface area contributed by atoms with Crippen LogP contribution in [0.15, 0.2) is 41.3 Å². The number of carbonyl (C=O) groups excluding carboxylic acids is 1. The highest BCUT2D eigenvalue weighted by atomic mass is 35.5. The van der Waals surface area contributed by atoms with Crippen molar-refractivity contribution in [3.05, 3.63) is 36.4 Å². The Labute approximate surface area is 147 Å². The number of anilines is 1. The van der Waals surface area contributed by atoms with Crippen LogP contribution in [0.5, 0.6) is 0 Å². The fraction of sp³-hybridized carbons (Fsp3) is 0.312. The Morgan fingerprint density at radius 3 is 2.50 bits per heavy atom. The maximum atomic E-state index is 12.8. The van der Waals surface area contributed by atoms with Gasteiger partial charge in [-0.15, -0.1) is 12.4 Å². The fourth-order valence-electron chi connectivity index (χ4n) is 2.77. The minimum Gasteiger partial charge on any atom is -0.340 e. The highest BCUT2D eigenvalue weighted by Gasteiger charge is 2.37. The zero-order chi connectivity index (χ0) is 16.8. The van der Waals surface area contributed by atoms with Crippen molar-refractivity contribution in [2.45, 2.75) is 17.9 Å². The Hall–Kier alpha value is -1.83. The second-order valence-electron chi connectivity index (χ2n) is 5.73. The quantitative estimate of drug-likeness (QED) is 0.886. The number of halogens is 1. The van der Waals surface area contributed by atoms with Crippen LogP contribution in [0.4, 0.5) is 5.69 Å². The molecular weight excluding hydrogens is 350 g/mol. The predicted molar refractivity (Wildman–Crippen MR) is 97.0 cm³/mol. The Balaban J connectivity index is 0.00000208. The van der Waals surface area contributed by atoms with Gasteiger partial charge >= 0.3 is 0 Å². The summed E-state index contributed by atoms with van der Waals surface area (Å²) in [6.07, 6.45) is 0. The van der Waals surface area contributed by atoms with Gasteiger partial charge in [0.2, 0.25) is 5.91 Å². The standard InChI is InChI=1S/C16H19N3O3S.ClH/c1-11(9-17)18(2)15(20)10-19-13-7-3-5-12-6-4-8-14(16(12)13)23(19,21)22;/h3-8,11H,9-10,17H2,1-2H3;1H. The molecule has 2 aromatic rings. The van der Waals surface area contributed by atoms with Crippen molar-refractivity contribution < 1.29 is 13.2 Å². The average molecular weight is 370 g/mol. The molecule has 1 aliphatic heterocycles. The molecule has 2 aromatic carbocycles. The van der Waals surface area contributed by atoms with Crippen LogP contribution in [-0.2, 0) is 14.8 Å². The number of carbonyl (C=O) groups is 1. The Kier molecular flexibility index (Phi) is 5.08. The molecule has 0 bridgehead atoms. The molecule has 0 fully saturated rings. The van der Waals surface area contributed by atoms with Gasteiger partial charge in [0.15, 0.2) is 0 Å². The first-order valence-corrected chi connectivity index (χ1v) is 8.82. The second-order valence-corrected chi connectivity index (χ2v) is 7.56. The zero-order valence-corrected chi connectivity index (χ0v) is 15.1. The van der Waals surface area contributed by atoms with Crippen molar-refractivity contribution in [1.82, 2.24) is 4.90 Å². The number of sulfonamides is 1. The van der Waals surface area contributed by atoms with Crippen molar-refractivity contribution in [3.63, 3.8) is 0 Å². The molecule has 1 heterocycles. The normalized spacial score (nSPS) is 15.9. The van der Waals surface area contributed by atoms with E-state index in [0.29, 0.717) is 17.6 Å². The molecule has 1 amide bonds. The van der Waals surface area contributed by atoms with Crippen LogP contribution >= 0.6 is 12.4 Å². The average Bonchev–Trinajstić information content (AvgIpc) is 2.77. The largest absolute Gasteiger partial charge is 0.340 e. The van der Waals surface area contributed by atoms with Crippen molar-refractivity contribution in [2.75, 3.05) is 24.4 Å². The molecule has 3 rings (SSSR count). The van der Waals surface area contributed by atoms with Crippen LogP contribution in [0.25, 0.3) is 10.8 Å². The summed E-state index contributed by atoms with van der Waals surface area (Å²) in [5, 5.41) is 1.53. The first-order chi connectivity index (χ1) is 10.9. The first kappa shape index (κ1) is 18.5. The number of hydrogen-bond acceptors (Lipinski definition) is 4. The minimum atomic E-state index is -3.70. The van der Waals surface area contributed by atoms with Crippen molar-refractivity contribution in [1.29, 1.82) is 0 Å². The molecular formula is C16H20ClN3O3S. The van der Waals surface area contributed by atoms with Gasteiger partial charge in [0, 0.05) is 25.0 Å². The number of likely N-dealkylation sites (N-methyl/N-ethyl adjacent to an activating group) is 1.